The molecule has 2 nitrogen and oxygen atoms in total. The Hall–Kier alpha value is -0.260. The van der Waals surface area contributed by atoms with Crippen molar-refractivity contribution in [1.29, 1.82) is 0 Å². The number of alkyl halides is 4. The lowest BCUT2D eigenvalue weighted by Crippen LogP contribution is -2.36. The van der Waals surface area contributed by atoms with E-state index >= 15 is 0 Å². The molecule has 6 heteroatoms. The molecule has 1 saturated carbocycles. The molecule has 1 rings (SSSR count). The maximum atomic E-state index is 11.9. The van der Waals surface area contributed by atoms with Gasteiger partial charge in [-0.3, -0.25) is 4.79 Å². The molecule has 0 radical (unpaired) electrons. The molecule has 94 valence electrons. The van der Waals surface area contributed by atoms with Gasteiger partial charge in [-0.05, 0) is 18.8 Å². The van der Waals surface area contributed by atoms with E-state index in [-0.39, 0.29) is 5.92 Å². The van der Waals surface area contributed by atoms with Crippen LogP contribution in [0.2, 0.25) is 0 Å². The van der Waals surface area contributed by atoms with Crippen molar-refractivity contribution in [3.05, 3.63) is 0 Å². The smallest absolute Gasteiger partial charge is 0.355 e. The van der Waals surface area contributed by atoms with Crippen molar-refractivity contribution in [2.24, 2.45) is 5.92 Å². The molecule has 1 amide bonds. The Morgan fingerprint density at radius 3 is 2.50 bits per heavy atom. The van der Waals surface area contributed by atoms with Gasteiger partial charge in [0.2, 0.25) is 5.91 Å². The van der Waals surface area contributed by atoms with E-state index in [0.29, 0.717) is 11.4 Å². The lowest BCUT2D eigenvalue weighted by Gasteiger charge is -2.27. The van der Waals surface area contributed by atoms with Crippen molar-refractivity contribution in [2.45, 2.75) is 43.1 Å². The zero-order chi connectivity index (χ0) is 12.2. The first-order valence-electron chi connectivity index (χ1n) is 5.36. The van der Waals surface area contributed by atoms with Gasteiger partial charge in [-0.2, -0.15) is 13.2 Å². The second kappa shape index (κ2) is 5.89. The van der Waals surface area contributed by atoms with E-state index in [9.17, 15) is 18.0 Å². The highest BCUT2D eigenvalue weighted by molar-refractivity contribution is 9.09. The van der Waals surface area contributed by atoms with Gasteiger partial charge in [0.25, 0.3) is 0 Å². The predicted molar refractivity (Wildman–Crippen MR) is 58.4 cm³/mol. The number of amides is 1. The van der Waals surface area contributed by atoms with Crippen LogP contribution in [0.15, 0.2) is 0 Å². The molecule has 1 aliphatic rings. The van der Waals surface area contributed by atoms with Crippen molar-refractivity contribution in [3.63, 3.8) is 0 Å². The maximum Gasteiger partial charge on any atom is 0.397 e. The highest BCUT2D eigenvalue weighted by atomic mass is 79.9. The third kappa shape index (κ3) is 5.18. The van der Waals surface area contributed by atoms with Crippen LogP contribution in [0.3, 0.4) is 0 Å². The summed E-state index contributed by atoms with van der Waals surface area (Å²) in [5.41, 5.74) is 0. The van der Waals surface area contributed by atoms with Crippen LogP contribution in [0.1, 0.15) is 32.1 Å². The summed E-state index contributed by atoms with van der Waals surface area (Å²) in [4.78, 5) is 11.3. The molecule has 1 fully saturated rings. The van der Waals surface area contributed by atoms with Gasteiger partial charge in [0.15, 0.2) is 0 Å². The molecule has 0 aromatic heterocycles. The Bertz CT molecular complexity index is 245. The van der Waals surface area contributed by atoms with Crippen molar-refractivity contribution >= 4 is 21.8 Å². The SMILES string of the molecule is O=C(CC(F)(F)F)NCC1CCCCC1Br. The van der Waals surface area contributed by atoms with Gasteiger partial charge in [-0.25, -0.2) is 0 Å². The summed E-state index contributed by atoms with van der Waals surface area (Å²) in [6.07, 6.45) is -1.58. The van der Waals surface area contributed by atoms with Gasteiger partial charge in [0, 0.05) is 11.4 Å². The fourth-order valence-corrected chi connectivity index (χ4v) is 2.66. The summed E-state index contributed by atoms with van der Waals surface area (Å²) in [5, 5.41) is 2.35. The van der Waals surface area contributed by atoms with Crippen molar-refractivity contribution in [1.82, 2.24) is 5.32 Å². The fraction of sp³-hybridized carbons (Fsp3) is 0.900. The Balaban J connectivity index is 2.25. The first-order chi connectivity index (χ1) is 7.38. The van der Waals surface area contributed by atoms with E-state index in [1.54, 1.807) is 0 Å². The molecular weight excluding hydrogens is 287 g/mol. The second-order valence-corrected chi connectivity index (χ2v) is 5.33. The monoisotopic (exact) mass is 301 g/mol. The molecule has 0 aromatic rings. The Morgan fingerprint density at radius 2 is 1.94 bits per heavy atom. The fourth-order valence-electron chi connectivity index (χ4n) is 1.88. The number of halogens is 4. The molecule has 0 aromatic carbocycles. The minimum absolute atomic E-state index is 0.255. The van der Waals surface area contributed by atoms with Crippen LogP contribution < -0.4 is 5.32 Å². The number of rotatable bonds is 3. The lowest BCUT2D eigenvalue weighted by molar-refractivity contribution is -0.153. The molecule has 0 bridgehead atoms. The van der Waals surface area contributed by atoms with Gasteiger partial charge in [-0.1, -0.05) is 28.8 Å². The summed E-state index contributed by atoms with van der Waals surface area (Å²) in [6, 6.07) is 0. The quantitative estimate of drug-likeness (QED) is 0.798. The van der Waals surface area contributed by atoms with Crippen LogP contribution in [-0.4, -0.2) is 23.5 Å². The second-order valence-electron chi connectivity index (χ2n) is 4.16. The zero-order valence-corrected chi connectivity index (χ0v) is 10.4. The van der Waals surface area contributed by atoms with Gasteiger partial charge in [0.05, 0.1) is 0 Å². The highest BCUT2D eigenvalue weighted by Gasteiger charge is 2.31. The molecule has 2 atom stereocenters. The first kappa shape index (κ1) is 13.8. The molecule has 1 N–H and O–H groups in total. The summed E-state index contributed by atoms with van der Waals surface area (Å²) < 4.78 is 35.6. The van der Waals surface area contributed by atoms with Gasteiger partial charge >= 0.3 is 6.18 Å². The highest BCUT2D eigenvalue weighted by Crippen LogP contribution is 2.29. The lowest BCUT2D eigenvalue weighted by atomic mass is 9.89. The van der Waals surface area contributed by atoms with Crippen LogP contribution in [0.5, 0.6) is 0 Å². The molecule has 0 heterocycles. The standard InChI is InChI=1S/C10H15BrF3NO/c11-8-4-2-1-3-7(8)6-15-9(16)5-10(12,13)14/h7-8H,1-6H2,(H,15,16). The maximum absolute atomic E-state index is 11.9. The molecule has 0 aliphatic heterocycles. The summed E-state index contributed by atoms with van der Waals surface area (Å²) in [7, 11) is 0. The topological polar surface area (TPSA) is 29.1 Å². The number of carbonyl (C=O) groups excluding carboxylic acids is 1. The summed E-state index contributed by atoms with van der Waals surface area (Å²) >= 11 is 3.49. The minimum atomic E-state index is -4.41. The van der Waals surface area contributed by atoms with Crippen molar-refractivity contribution < 1.29 is 18.0 Å². The third-order valence-electron chi connectivity index (χ3n) is 2.74. The summed E-state index contributed by atoms with van der Waals surface area (Å²) in [5.74, 6) is -0.677. The largest absolute Gasteiger partial charge is 0.397 e. The van der Waals surface area contributed by atoms with E-state index in [1.165, 1.54) is 0 Å². The molecule has 1 aliphatic carbocycles. The van der Waals surface area contributed by atoms with E-state index in [0.717, 1.165) is 25.7 Å². The van der Waals surface area contributed by atoms with Crippen LogP contribution >= 0.6 is 15.9 Å². The van der Waals surface area contributed by atoms with E-state index in [1.807, 2.05) is 0 Å². The predicted octanol–water partition coefficient (Wildman–Crippen LogP) is 3.01. The van der Waals surface area contributed by atoms with E-state index in [2.05, 4.69) is 21.2 Å². The number of hydrogen-bond acceptors (Lipinski definition) is 1. The average Bonchev–Trinajstić information content (AvgIpc) is 2.14. The zero-order valence-electron chi connectivity index (χ0n) is 8.82. The first-order valence-corrected chi connectivity index (χ1v) is 6.27. The average molecular weight is 302 g/mol. The van der Waals surface area contributed by atoms with Gasteiger partial charge in [-0.15, -0.1) is 0 Å². The summed E-state index contributed by atoms with van der Waals surface area (Å²) in [6.45, 7) is 0.338. The van der Waals surface area contributed by atoms with Crippen LogP contribution in [0, 0.1) is 5.92 Å². The van der Waals surface area contributed by atoms with Crippen molar-refractivity contribution in [2.75, 3.05) is 6.54 Å². The van der Waals surface area contributed by atoms with Gasteiger partial charge in [0.1, 0.15) is 6.42 Å². The van der Waals surface area contributed by atoms with Crippen LogP contribution in [0.25, 0.3) is 0 Å². The van der Waals surface area contributed by atoms with E-state index in [4.69, 9.17) is 0 Å². The Kier molecular flexibility index (Phi) is 5.08. The van der Waals surface area contributed by atoms with Crippen molar-refractivity contribution in [3.8, 4) is 0 Å². The normalized spacial score (nSPS) is 26.5. The third-order valence-corrected chi connectivity index (χ3v) is 3.94. The Morgan fingerprint density at radius 1 is 1.31 bits per heavy atom. The Labute approximate surface area is 101 Å². The molecule has 0 spiro atoms. The van der Waals surface area contributed by atoms with Gasteiger partial charge < -0.3 is 5.32 Å². The molecule has 0 saturated heterocycles. The number of nitrogens with one attached hydrogen (secondary N) is 1. The minimum Gasteiger partial charge on any atom is -0.355 e. The molecule has 2 unspecified atom stereocenters. The number of carbonyl (C=O) groups is 1. The van der Waals surface area contributed by atoms with E-state index < -0.39 is 18.5 Å². The molecule has 16 heavy (non-hydrogen) atoms. The molecular formula is C10H15BrF3NO. The number of hydrogen-bond donors (Lipinski definition) is 1. The van der Waals surface area contributed by atoms with Crippen LogP contribution in [0.4, 0.5) is 13.2 Å². The van der Waals surface area contributed by atoms with Crippen LogP contribution in [-0.2, 0) is 4.79 Å².